The van der Waals surface area contributed by atoms with Gasteiger partial charge in [-0.3, -0.25) is 0 Å². The first kappa shape index (κ1) is 13.4. The Kier molecular flexibility index (Phi) is 4.22. The third-order valence-electron chi connectivity index (χ3n) is 1.56. The predicted molar refractivity (Wildman–Crippen MR) is 67.1 cm³/mol. The number of nitrogens with one attached hydrogen (secondary N) is 1. The summed E-state index contributed by atoms with van der Waals surface area (Å²) >= 11 is 10.0. The van der Waals surface area contributed by atoms with E-state index in [0.29, 0.717) is 0 Å². The minimum absolute atomic E-state index is 0.221. The average Bonchev–Trinajstić information content (AvgIpc) is 2.51. The van der Waals surface area contributed by atoms with Crippen LogP contribution in [-0.4, -0.2) is 19.8 Å². The van der Waals surface area contributed by atoms with Crippen molar-refractivity contribution in [3.63, 3.8) is 0 Å². The van der Waals surface area contributed by atoms with Gasteiger partial charge in [-0.1, -0.05) is 0 Å². The van der Waals surface area contributed by atoms with E-state index in [9.17, 15) is 8.42 Å². The Bertz CT molecular complexity index is 441. The zero-order valence-electron chi connectivity index (χ0n) is 8.25. The molecule has 0 atom stereocenters. The van der Waals surface area contributed by atoms with Gasteiger partial charge in [0.2, 0.25) is 0 Å². The molecular weight excluding hydrogens is 322 g/mol. The molecule has 1 rings (SSSR count). The quantitative estimate of drug-likeness (QED) is 0.862. The van der Waals surface area contributed by atoms with Gasteiger partial charge in [0.15, 0.2) is 0 Å². The Morgan fingerprint density at radius 2 is 2.13 bits per heavy atom. The van der Waals surface area contributed by atoms with E-state index in [-0.39, 0.29) is 10.1 Å². The van der Waals surface area contributed by atoms with E-state index in [4.69, 9.17) is 11.6 Å². The predicted octanol–water partition coefficient (Wildman–Crippen LogP) is 2.81. The lowest BCUT2D eigenvalue weighted by atomic mass is 10.1. The van der Waals surface area contributed by atoms with Crippen LogP contribution >= 0.6 is 38.9 Å². The molecule has 0 aromatic carbocycles. The highest BCUT2D eigenvalue weighted by Gasteiger charge is 2.26. The summed E-state index contributed by atoms with van der Waals surface area (Å²) in [6.45, 7) is 3.47. The number of halogens is 2. The minimum Gasteiger partial charge on any atom is -0.206 e. The van der Waals surface area contributed by atoms with E-state index in [1.165, 1.54) is 11.3 Å². The summed E-state index contributed by atoms with van der Waals surface area (Å²) in [4.78, 5) is 0. The molecule has 0 fully saturated rings. The van der Waals surface area contributed by atoms with Crippen molar-refractivity contribution in [2.75, 3.05) is 5.88 Å². The third-order valence-corrected chi connectivity index (χ3v) is 6.04. The van der Waals surface area contributed by atoms with Gasteiger partial charge >= 0.3 is 0 Å². The third kappa shape index (κ3) is 3.71. The van der Waals surface area contributed by atoms with Gasteiger partial charge in [-0.2, -0.15) is 0 Å². The van der Waals surface area contributed by atoms with Gasteiger partial charge in [0.25, 0.3) is 10.0 Å². The lowest BCUT2D eigenvalue weighted by Crippen LogP contribution is -2.44. The first-order valence-electron chi connectivity index (χ1n) is 4.12. The first-order chi connectivity index (χ1) is 6.77. The molecule has 1 aromatic rings. The lowest BCUT2D eigenvalue weighted by Gasteiger charge is -2.22. The Morgan fingerprint density at radius 1 is 1.53 bits per heavy atom. The number of alkyl halides is 1. The van der Waals surface area contributed by atoms with Crippen LogP contribution < -0.4 is 4.72 Å². The van der Waals surface area contributed by atoms with Crippen LogP contribution in [0.4, 0.5) is 0 Å². The maximum absolute atomic E-state index is 11.8. The minimum atomic E-state index is -3.46. The monoisotopic (exact) mass is 331 g/mol. The summed E-state index contributed by atoms with van der Waals surface area (Å²) in [5.74, 6) is 0.221. The van der Waals surface area contributed by atoms with Crippen molar-refractivity contribution in [3.05, 3.63) is 15.9 Å². The first-order valence-corrected chi connectivity index (χ1v) is 7.75. The average molecular weight is 333 g/mol. The fraction of sp³-hybridized carbons (Fsp3) is 0.500. The van der Waals surface area contributed by atoms with E-state index in [0.717, 1.165) is 3.79 Å². The van der Waals surface area contributed by atoms with Gasteiger partial charge in [-0.15, -0.1) is 22.9 Å². The Balaban J connectivity index is 2.95. The molecule has 0 bridgehead atoms. The van der Waals surface area contributed by atoms with E-state index in [1.54, 1.807) is 26.0 Å². The second-order valence-corrected chi connectivity index (χ2v) is 8.32. The van der Waals surface area contributed by atoms with Gasteiger partial charge in [0.05, 0.1) is 3.79 Å². The second kappa shape index (κ2) is 4.71. The van der Waals surface area contributed by atoms with Crippen molar-refractivity contribution < 1.29 is 8.42 Å². The fourth-order valence-corrected chi connectivity index (χ4v) is 4.45. The summed E-state index contributed by atoms with van der Waals surface area (Å²) in [7, 11) is -3.46. The molecule has 0 amide bonds. The van der Waals surface area contributed by atoms with Crippen molar-refractivity contribution in [1.82, 2.24) is 4.72 Å². The van der Waals surface area contributed by atoms with Crippen molar-refractivity contribution in [3.8, 4) is 0 Å². The highest BCUT2D eigenvalue weighted by molar-refractivity contribution is 9.11. The van der Waals surface area contributed by atoms with Crippen molar-refractivity contribution in [2.45, 2.75) is 23.6 Å². The maximum Gasteiger partial charge on any atom is 0.250 e. The number of sulfonamides is 1. The van der Waals surface area contributed by atoms with Crippen LogP contribution in [0.15, 0.2) is 20.1 Å². The standard InChI is InChI=1S/C8H11BrClNO2S2/c1-8(2,5-10)11-15(12,13)7-4-3-6(9)14-7/h3-4,11H,5H2,1-2H3. The molecule has 1 heterocycles. The largest absolute Gasteiger partial charge is 0.250 e. The van der Waals surface area contributed by atoms with Gasteiger partial charge < -0.3 is 0 Å². The fourth-order valence-electron chi connectivity index (χ4n) is 0.883. The van der Waals surface area contributed by atoms with Gasteiger partial charge in [-0.05, 0) is 41.9 Å². The normalized spacial score (nSPS) is 13.1. The van der Waals surface area contributed by atoms with Crippen LogP contribution in [0.1, 0.15) is 13.8 Å². The molecule has 3 nitrogen and oxygen atoms in total. The van der Waals surface area contributed by atoms with Crippen LogP contribution in [0, 0.1) is 0 Å². The molecule has 0 aliphatic heterocycles. The summed E-state index contributed by atoms with van der Waals surface area (Å²) in [6, 6.07) is 3.26. The summed E-state index contributed by atoms with van der Waals surface area (Å²) in [5.41, 5.74) is -0.642. The van der Waals surface area contributed by atoms with E-state index in [2.05, 4.69) is 20.7 Å². The van der Waals surface area contributed by atoms with Gasteiger partial charge in [0.1, 0.15) is 4.21 Å². The van der Waals surface area contributed by atoms with Crippen LogP contribution in [0.2, 0.25) is 0 Å². The Hall–Kier alpha value is 0.380. The van der Waals surface area contributed by atoms with Crippen molar-refractivity contribution >= 4 is 48.9 Å². The molecule has 1 N–H and O–H groups in total. The second-order valence-electron chi connectivity index (χ2n) is 3.68. The molecule has 0 saturated carbocycles. The lowest BCUT2D eigenvalue weighted by molar-refractivity contribution is 0.497. The van der Waals surface area contributed by atoms with Crippen LogP contribution in [0.5, 0.6) is 0 Å². The Labute approximate surface area is 107 Å². The SMILES string of the molecule is CC(C)(CCl)NS(=O)(=O)c1ccc(Br)s1. The summed E-state index contributed by atoms with van der Waals surface area (Å²) in [6.07, 6.45) is 0. The molecule has 0 spiro atoms. The molecule has 0 saturated heterocycles. The maximum atomic E-state index is 11.8. The highest BCUT2D eigenvalue weighted by Crippen LogP contribution is 2.26. The molecular formula is C8H11BrClNO2S2. The van der Waals surface area contributed by atoms with Crippen LogP contribution in [0.25, 0.3) is 0 Å². The van der Waals surface area contributed by atoms with Crippen LogP contribution in [0.3, 0.4) is 0 Å². The van der Waals surface area contributed by atoms with E-state index < -0.39 is 15.6 Å². The van der Waals surface area contributed by atoms with E-state index >= 15 is 0 Å². The zero-order chi connectivity index (χ0) is 11.7. The Morgan fingerprint density at radius 3 is 2.53 bits per heavy atom. The number of hydrogen-bond donors (Lipinski definition) is 1. The van der Waals surface area contributed by atoms with E-state index in [1.807, 2.05) is 0 Å². The highest BCUT2D eigenvalue weighted by atomic mass is 79.9. The zero-order valence-corrected chi connectivity index (χ0v) is 12.2. The molecule has 7 heteroatoms. The molecule has 1 aromatic heterocycles. The molecule has 0 unspecified atom stereocenters. The van der Waals surface area contributed by atoms with Crippen LogP contribution in [-0.2, 0) is 10.0 Å². The molecule has 0 aliphatic rings. The van der Waals surface area contributed by atoms with Crippen molar-refractivity contribution in [1.29, 1.82) is 0 Å². The number of hydrogen-bond acceptors (Lipinski definition) is 3. The molecule has 0 aliphatic carbocycles. The molecule has 86 valence electrons. The van der Waals surface area contributed by atoms with Gasteiger partial charge in [0, 0.05) is 11.4 Å². The summed E-state index contributed by atoms with van der Waals surface area (Å²) in [5, 5.41) is 0. The number of thiophene rings is 1. The van der Waals surface area contributed by atoms with Gasteiger partial charge in [-0.25, -0.2) is 13.1 Å². The molecule has 15 heavy (non-hydrogen) atoms. The summed E-state index contributed by atoms with van der Waals surface area (Å²) < 4.78 is 27.3. The number of rotatable bonds is 4. The topological polar surface area (TPSA) is 46.2 Å². The molecule has 0 radical (unpaired) electrons. The van der Waals surface area contributed by atoms with Crippen molar-refractivity contribution in [2.24, 2.45) is 0 Å². The smallest absolute Gasteiger partial charge is 0.206 e.